The molecule has 28 heavy (non-hydrogen) atoms. The molecule has 0 saturated carbocycles. The largest absolute Gasteiger partial charge is 0.503 e. The summed E-state index contributed by atoms with van der Waals surface area (Å²) in [5, 5.41) is 10.1. The number of hydrogen-bond donors (Lipinski definition) is 1. The number of ketones is 1. The molecule has 0 spiro atoms. The molecule has 0 amide bonds. The number of carbonyl (C=O) groups excluding carboxylic acids is 2. The lowest BCUT2D eigenvalue weighted by Crippen LogP contribution is -2.37. The SMILES string of the molecule is C=C(C)CO[C@@H](C)[C@H](OC(=O)[C@H](C)CC(=O)c1nccc(OC)c1O)C(C)C. The molecule has 0 fully saturated rings. The molecule has 0 aliphatic rings. The van der Waals surface area contributed by atoms with Gasteiger partial charge in [0.25, 0.3) is 0 Å². The molecule has 7 heteroatoms. The number of carbonyl (C=O) groups is 2. The van der Waals surface area contributed by atoms with Crippen LogP contribution in [0.2, 0.25) is 0 Å². The minimum absolute atomic E-state index is 0.0380. The van der Waals surface area contributed by atoms with Gasteiger partial charge in [0.1, 0.15) is 6.10 Å². The Morgan fingerprint density at radius 3 is 2.43 bits per heavy atom. The van der Waals surface area contributed by atoms with Crippen molar-refractivity contribution in [2.24, 2.45) is 11.8 Å². The molecule has 1 N–H and O–H groups in total. The summed E-state index contributed by atoms with van der Waals surface area (Å²) in [5.41, 5.74) is 0.753. The van der Waals surface area contributed by atoms with Crippen LogP contribution in [0.15, 0.2) is 24.4 Å². The van der Waals surface area contributed by atoms with E-state index >= 15 is 0 Å². The molecule has 0 unspecified atom stereocenters. The molecule has 1 aromatic rings. The van der Waals surface area contributed by atoms with Gasteiger partial charge in [0.15, 0.2) is 23.0 Å². The Bertz CT molecular complexity index is 700. The normalized spacial score (nSPS) is 14.2. The molecule has 1 heterocycles. The first kappa shape index (κ1) is 23.6. The molecule has 0 radical (unpaired) electrons. The summed E-state index contributed by atoms with van der Waals surface area (Å²) >= 11 is 0. The number of ether oxygens (including phenoxy) is 3. The van der Waals surface area contributed by atoms with Gasteiger partial charge in [0.2, 0.25) is 0 Å². The van der Waals surface area contributed by atoms with Crippen molar-refractivity contribution in [2.45, 2.75) is 53.2 Å². The van der Waals surface area contributed by atoms with E-state index in [9.17, 15) is 14.7 Å². The van der Waals surface area contributed by atoms with E-state index in [0.29, 0.717) is 6.61 Å². The van der Waals surface area contributed by atoms with Crippen LogP contribution in [0.3, 0.4) is 0 Å². The number of hydrogen-bond acceptors (Lipinski definition) is 7. The van der Waals surface area contributed by atoms with E-state index in [1.807, 2.05) is 27.7 Å². The second-order valence-corrected chi connectivity index (χ2v) is 7.36. The fraction of sp³-hybridized carbons (Fsp3) is 0.571. The van der Waals surface area contributed by atoms with Gasteiger partial charge in [-0.05, 0) is 19.8 Å². The molecule has 0 saturated heterocycles. The first-order valence-corrected chi connectivity index (χ1v) is 9.30. The summed E-state index contributed by atoms with van der Waals surface area (Å²) in [6.45, 7) is 13.4. The van der Waals surface area contributed by atoms with Gasteiger partial charge in [-0.1, -0.05) is 32.9 Å². The summed E-state index contributed by atoms with van der Waals surface area (Å²) in [7, 11) is 1.38. The zero-order valence-electron chi connectivity index (χ0n) is 17.5. The van der Waals surface area contributed by atoms with Crippen LogP contribution in [0.5, 0.6) is 11.5 Å². The second kappa shape index (κ2) is 10.8. The zero-order valence-corrected chi connectivity index (χ0v) is 17.5. The predicted molar refractivity (Wildman–Crippen MR) is 106 cm³/mol. The molecule has 0 aromatic carbocycles. The van der Waals surface area contributed by atoms with Crippen LogP contribution in [0.4, 0.5) is 0 Å². The van der Waals surface area contributed by atoms with Gasteiger partial charge in [-0.25, -0.2) is 4.98 Å². The zero-order chi connectivity index (χ0) is 21.4. The Morgan fingerprint density at radius 2 is 1.89 bits per heavy atom. The average Bonchev–Trinajstić information content (AvgIpc) is 2.63. The summed E-state index contributed by atoms with van der Waals surface area (Å²) in [4.78, 5) is 28.9. The van der Waals surface area contributed by atoms with Crippen molar-refractivity contribution in [1.29, 1.82) is 0 Å². The maximum atomic E-state index is 12.5. The number of rotatable bonds is 11. The predicted octanol–water partition coefficient (Wildman–Crippen LogP) is 3.55. The first-order valence-electron chi connectivity index (χ1n) is 9.30. The van der Waals surface area contributed by atoms with E-state index in [-0.39, 0.29) is 35.6 Å². The average molecular weight is 393 g/mol. The number of pyridine rings is 1. The van der Waals surface area contributed by atoms with Crippen LogP contribution < -0.4 is 4.74 Å². The van der Waals surface area contributed by atoms with Gasteiger partial charge in [-0.2, -0.15) is 0 Å². The van der Waals surface area contributed by atoms with Crippen molar-refractivity contribution in [3.8, 4) is 11.5 Å². The molecular weight excluding hydrogens is 362 g/mol. The summed E-state index contributed by atoms with van der Waals surface area (Å²) < 4.78 is 16.3. The summed E-state index contributed by atoms with van der Waals surface area (Å²) in [5.74, 6) is -1.81. The van der Waals surface area contributed by atoms with Gasteiger partial charge >= 0.3 is 5.97 Å². The summed E-state index contributed by atoms with van der Waals surface area (Å²) in [6.07, 6.45) is 0.461. The highest BCUT2D eigenvalue weighted by atomic mass is 16.6. The standard InChI is InChI=1S/C21H31NO6/c1-12(2)11-27-15(6)20(13(3)4)28-21(25)14(5)10-16(23)18-19(24)17(26-7)8-9-22-18/h8-9,13-15,20,24H,1,10-11H2,2-7H3/t14-,15+,20-/m1/s1. The monoisotopic (exact) mass is 393 g/mol. The third kappa shape index (κ3) is 6.64. The van der Waals surface area contributed by atoms with Crippen molar-refractivity contribution in [3.63, 3.8) is 0 Å². The maximum absolute atomic E-state index is 12.5. The van der Waals surface area contributed by atoms with Gasteiger partial charge in [-0.3, -0.25) is 9.59 Å². The Morgan fingerprint density at radius 1 is 1.25 bits per heavy atom. The quantitative estimate of drug-likeness (QED) is 0.349. The van der Waals surface area contributed by atoms with E-state index < -0.39 is 23.8 Å². The van der Waals surface area contributed by atoms with Crippen LogP contribution in [-0.4, -0.2) is 47.8 Å². The van der Waals surface area contributed by atoms with Crippen LogP contribution in [0.25, 0.3) is 0 Å². The highest BCUT2D eigenvalue weighted by Gasteiger charge is 2.29. The Labute approximate surface area is 166 Å². The molecule has 0 bridgehead atoms. The van der Waals surface area contributed by atoms with E-state index in [1.165, 1.54) is 19.4 Å². The first-order chi connectivity index (χ1) is 13.1. The molecule has 1 rings (SSSR count). The van der Waals surface area contributed by atoms with E-state index in [1.54, 1.807) is 6.92 Å². The fourth-order valence-electron chi connectivity index (χ4n) is 2.66. The Kier molecular flexibility index (Phi) is 9.12. The third-order valence-corrected chi connectivity index (χ3v) is 4.23. The molecule has 3 atom stereocenters. The topological polar surface area (TPSA) is 95.0 Å². The molecule has 7 nitrogen and oxygen atoms in total. The van der Waals surface area contributed by atoms with Gasteiger partial charge < -0.3 is 19.3 Å². The lowest BCUT2D eigenvalue weighted by Gasteiger charge is -2.28. The number of aromatic nitrogens is 1. The Balaban J connectivity index is 2.77. The number of nitrogens with zero attached hydrogens (tertiary/aromatic N) is 1. The number of aromatic hydroxyl groups is 1. The van der Waals surface area contributed by atoms with Crippen LogP contribution in [-0.2, 0) is 14.3 Å². The second-order valence-electron chi connectivity index (χ2n) is 7.36. The van der Waals surface area contributed by atoms with E-state index in [2.05, 4.69) is 11.6 Å². The van der Waals surface area contributed by atoms with Crippen molar-refractivity contribution in [1.82, 2.24) is 4.98 Å². The van der Waals surface area contributed by atoms with Gasteiger partial charge in [0.05, 0.1) is 25.7 Å². The van der Waals surface area contributed by atoms with Crippen LogP contribution in [0.1, 0.15) is 51.5 Å². The Hall–Kier alpha value is -2.41. The van der Waals surface area contributed by atoms with E-state index in [0.717, 1.165) is 5.57 Å². The van der Waals surface area contributed by atoms with Crippen molar-refractivity contribution < 1.29 is 28.9 Å². The minimum atomic E-state index is -0.700. The molecular formula is C21H31NO6. The lowest BCUT2D eigenvalue weighted by atomic mass is 10.00. The highest BCUT2D eigenvalue weighted by molar-refractivity contribution is 5.99. The van der Waals surface area contributed by atoms with Crippen LogP contribution in [0, 0.1) is 11.8 Å². The molecule has 0 aliphatic heterocycles. The van der Waals surface area contributed by atoms with Gasteiger partial charge in [-0.15, -0.1) is 0 Å². The molecule has 156 valence electrons. The number of methoxy groups -OCH3 is 1. The summed E-state index contributed by atoms with van der Waals surface area (Å²) in [6, 6.07) is 1.45. The van der Waals surface area contributed by atoms with Crippen molar-refractivity contribution >= 4 is 11.8 Å². The van der Waals surface area contributed by atoms with Crippen LogP contribution >= 0.6 is 0 Å². The van der Waals surface area contributed by atoms with Crippen molar-refractivity contribution in [2.75, 3.05) is 13.7 Å². The third-order valence-electron chi connectivity index (χ3n) is 4.23. The van der Waals surface area contributed by atoms with E-state index in [4.69, 9.17) is 14.2 Å². The fourth-order valence-corrected chi connectivity index (χ4v) is 2.66. The number of Topliss-reactive ketones (excluding diaryl/α,β-unsaturated/α-hetero) is 1. The lowest BCUT2D eigenvalue weighted by molar-refractivity contribution is -0.164. The van der Waals surface area contributed by atoms with Gasteiger partial charge in [0, 0.05) is 18.7 Å². The van der Waals surface area contributed by atoms with Crippen molar-refractivity contribution in [3.05, 3.63) is 30.1 Å². The smallest absolute Gasteiger partial charge is 0.309 e. The maximum Gasteiger partial charge on any atom is 0.309 e. The molecule has 0 aliphatic carbocycles. The highest BCUT2D eigenvalue weighted by Crippen LogP contribution is 2.29. The minimum Gasteiger partial charge on any atom is -0.503 e. The number of esters is 1. The molecule has 1 aromatic heterocycles.